The first-order chi connectivity index (χ1) is 10.6. The van der Waals surface area contributed by atoms with E-state index in [0.29, 0.717) is 11.7 Å². The van der Waals surface area contributed by atoms with E-state index in [1.165, 1.54) is 12.1 Å². The standard InChI is InChI=1S/C15H20FN3O3/c16-14-11-13(19(20)21)1-2-15(14)18-7-5-17(6-8-18)12-3-9-22-10-4-12/h1-2,11-12H,3-10H2. The van der Waals surface area contributed by atoms with E-state index >= 15 is 0 Å². The molecule has 0 bridgehead atoms. The number of benzene rings is 1. The number of anilines is 1. The Bertz CT molecular complexity index is 541. The van der Waals surface area contributed by atoms with Crippen LogP contribution in [0.15, 0.2) is 18.2 Å². The van der Waals surface area contributed by atoms with E-state index in [2.05, 4.69) is 4.90 Å². The fourth-order valence-electron chi connectivity index (χ4n) is 3.24. The van der Waals surface area contributed by atoms with Gasteiger partial charge in [-0.1, -0.05) is 0 Å². The molecule has 1 aromatic carbocycles. The Morgan fingerprint density at radius 1 is 1.18 bits per heavy atom. The molecule has 120 valence electrons. The van der Waals surface area contributed by atoms with E-state index < -0.39 is 10.7 Å². The lowest BCUT2D eigenvalue weighted by Crippen LogP contribution is -2.51. The minimum atomic E-state index is -0.573. The number of rotatable bonds is 3. The summed E-state index contributed by atoms with van der Waals surface area (Å²) in [5, 5.41) is 10.7. The first-order valence-electron chi connectivity index (χ1n) is 7.66. The van der Waals surface area contributed by atoms with Crippen LogP contribution in [0.1, 0.15) is 12.8 Å². The van der Waals surface area contributed by atoms with Gasteiger partial charge < -0.3 is 9.64 Å². The number of halogens is 1. The van der Waals surface area contributed by atoms with Crippen LogP contribution in [0.4, 0.5) is 15.8 Å². The second-order valence-electron chi connectivity index (χ2n) is 5.76. The van der Waals surface area contributed by atoms with Crippen LogP contribution < -0.4 is 4.90 Å². The van der Waals surface area contributed by atoms with Gasteiger partial charge in [-0.15, -0.1) is 0 Å². The topological polar surface area (TPSA) is 58.9 Å². The molecule has 0 aliphatic carbocycles. The summed E-state index contributed by atoms with van der Waals surface area (Å²) in [6.45, 7) is 4.91. The number of piperazine rings is 1. The summed E-state index contributed by atoms with van der Waals surface area (Å²) >= 11 is 0. The minimum Gasteiger partial charge on any atom is -0.381 e. The third-order valence-electron chi connectivity index (χ3n) is 4.50. The van der Waals surface area contributed by atoms with Gasteiger partial charge in [0.25, 0.3) is 5.69 Å². The van der Waals surface area contributed by atoms with E-state index in [-0.39, 0.29) is 5.69 Å². The maximum Gasteiger partial charge on any atom is 0.272 e. The molecule has 2 aliphatic rings. The molecule has 3 rings (SSSR count). The Labute approximate surface area is 128 Å². The Morgan fingerprint density at radius 2 is 1.86 bits per heavy atom. The Balaban J connectivity index is 1.62. The lowest BCUT2D eigenvalue weighted by Gasteiger charge is -2.41. The van der Waals surface area contributed by atoms with E-state index in [1.54, 1.807) is 0 Å². The van der Waals surface area contributed by atoms with Crippen molar-refractivity contribution in [1.82, 2.24) is 4.90 Å². The summed E-state index contributed by atoms with van der Waals surface area (Å²) in [5.74, 6) is -0.520. The molecule has 0 saturated carbocycles. The lowest BCUT2D eigenvalue weighted by atomic mass is 10.1. The Hall–Kier alpha value is -1.73. The quantitative estimate of drug-likeness (QED) is 0.631. The molecule has 22 heavy (non-hydrogen) atoms. The lowest BCUT2D eigenvalue weighted by molar-refractivity contribution is -0.385. The molecular weight excluding hydrogens is 289 g/mol. The van der Waals surface area contributed by atoms with Crippen molar-refractivity contribution < 1.29 is 14.1 Å². The van der Waals surface area contributed by atoms with Gasteiger partial charge in [-0.25, -0.2) is 4.39 Å². The number of nitro benzene ring substituents is 1. The minimum absolute atomic E-state index is 0.206. The monoisotopic (exact) mass is 309 g/mol. The molecule has 0 atom stereocenters. The van der Waals surface area contributed by atoms with Crippen LogP contribution in [-0.2, 0) is 4.74 Å². The second kappa shape index (κ2) is 6.58. The highest BCUT2D eigenvalue weighted by Gasteiger charge is 2.26. The van der Waals surface area contributed by atoms with E-state index in [1.807, 2.05) is 4.90 Å². The number of hydrogen-bond acceptors (Lipinski definition) is 5. The van der Waals surface area contributed by atoms with Gasteiger partial charge in [-0.2, -0.15) is 0 Å². The number of ether oxygens (including phenoxy) is 1. The van der Waals surface area contributed by atoms with Crippen LogP contribution in [0.5, 0.6) is 0 Å². The SMILES string of the molecule is O=[N+]([O-])c1ccc(N2CCN(C3CCOCC3)CC2)c(F)c1. The van der Waals surface area contributed by atoms with Gasteiger partial charge in [0.05, 0.1) is 16.7 Å². The van der Waals surface area contributed by atoms with Crippen molar-refractivity contribution in [3.63, 3.8) is 0 Å². The number of nitrogens with zero attached hydrogens (tertiary/aromatic N) is 3. The van der Waals surface area contributed by atoms with Crippen molar-refractivity contribution in [2.24, 2.45) is 0 Å². The molecular formula is C15H20FN3O3. The molecule has 1 aromatic rings. The molecule has 0 unspecified atom stereocenters. The van der Waals surface area contributed by atoms with E-state index in [0.717, 1.165) is 58.3 Å². The molecule has 0 amide bonds. The predicted molar refractivity (Wildman–Crippen MR) is 80.7 cm³/mol. The molecule has 2 heterocycles. The van der Waals surface area contributed by atoms with Gasteiger partial charge in [-0.3, -0.25) is 15.0 Å². The molecule has 0 N–H and O–H groups in total. The van der Waals surface area contributed by atoms with Gasteiger partial charge in [0.2, 0.25) is 0 Å². The molecule has 0 spiro atoms. The smallest absolute Gasteiger partial charge is 0.272 e. The summed E-state index contributed by atoms with van der Waals surface area (Å²) in [6, 6.07) is 4.44. The summed E-state index contributed by atoms with van der Waals surface area (Å²) < 4.78 is 19.5. The highest BCUT2D eigenvalue weighted by Crippen LogP contribution is 2.26. The molecule has 2 saturated heterocycles. The van der Waals surface area contributed by atoms with Crippen molar-refractivity contribution in [2.75, 3.05) is 44.3 Å². The zero-order valence-corrected chi connectivity index (χ0v) is 12.4. The molecule has 7 heteroatoms. The molecule has 0 aromatic heterocycles. The first-order valence-corrected chi connectivity index (χ1v) is 7.66. The number of nitro groups is 1. The van der Waals surface area contributed by atoms with Gasteiger partial charge >= 0.3 is 0 Å². The van der Waals surface area contributed by atoms with Gasteiger partial charge in [0.1, 0.15) is 0 Å². The molecule has 2 aliphatic heterocycles. The Kier molecular flexibility index (Phi) is 4.54. The van der Waals surface area contributed by atoms with Crippen LogP contribution in [-0.4, -0.2) is 55.3 Å². The van der Waals surface area contributed by atoms with Crippen molar-refractivity contribution >= 4 is 11.4 Å². The largest absolute Gasteiger partial charge is 0.381 e. The van der Waals surface area contributed by atoms with Crippen LogP contribution in [0.3, 0.4) is 0 Å². The number of hydrogen-bond donors (Lipinski definition) is 0. The van der Waals surface area contributed by atoms with Crippen LogP contribution >= 0.6 is 0 Å². The molecule has 0 radical (unpaired) electrons. The van der Waals surface area contributed by atoms with Gasteiger partial charge in [-0.05, 0) is 18.9 Å². The molecule has 2 fully saturated rings. The highest BCUT2D eigenvalue weighted by molar-refractivity contribution is 5.52. The Morgan fingerprint density at radius 3 is 2.45 bits per heavy atom. The van der Waals surface area contributed by atoms with E-state index in [9.17, 15) is 14.5 Å². The fraction of sp³-hybridized carbons (Fsp3) is 0.600. The number of non-ortho nitro benzene ring substituents is 1. The third-order valence-corrected chi connectivity index (χ3v) is 4.50. The van der Waals surface area contributed by atoms with Crippen molar-refractivity contribution in [2.45, 2.75) is 18.9 Å². The second-order valence-corrected chi connectivity index (χ2v) is 5.76. The maximum atomic E-state index is 14.1. The zero-order chi connectivity index (χ0) is 15.5. The van der Waals surface area contributed by atoms with E-state index in [4.69, 9.17) is 4.74 Å². The predicted octanol–water partition coefficient (Wildman–Crippen LogP) is 2.03. The third kappa shape index (κ3) is 3.20. The highest BCUT2D eigenvalue weighted by atomic mass is 19.1. The average Bonchev–Trinajstić information content (AvgIpc) is 2.56. The van der Waals surface area contributed by atoms with Crippen LogP contribution in [0.25, 0.3) is 0 Å². The normalized spacial score (nSPS) is 21.0. The van der Waals surface area contributed by atoms with Crippen LogP contribution in [0.2, 0.25) is 0 Å². The van der Waals surface area contributed by atoms with Crippen molar-refractivity contribution in [3.8, 4) is 0 Å². The summed E-state index contributed by atoms with van der Waals surface area (Å²) in [7, 11) is 0. The zero-order valence-electron chi connectivity index (χ0n) is 12.4. The summed E-state index contributed by atoms with van der Waals surface area (Å²) in [4.78, 5) is 14.5. The average molecular weight is 309 g/mol. The van der Waals surface area contributed by atoms with Crippen LogP contribution in [0, 0.1) is 15.9 Å². The van der Waals surface area contributed by atoms with Gasteiger partial charge in [0.15, 0.2) is 5.82 Å². The summed E-state index contributed by atoms with van der Waals surface area (Å²) in [6.07, 6.45) is 2.12. The van der Waals surface area contributed by atoms with Gasteiger partial charge in [0, 0.05) is 51.5 Å². The van der Waals surface area contributed by atoms with Crippen molar-refractivity contribution in [1.29, 1.82) is 0 Å². The molecule has 6 nitrogen and oxygen atoms in total. The summed E-state index contributed by atoms with van der Waals surface area (Å²) in [5.41, 5.74) is 0.249. The fourth-order valence-corrected chi connectivity index (χ4v) is 3.24. The maximum absolute atomic E-state index is 14.1. The van der Waals surface area contributed by atoms with Crippen molar-refractivity contribution in [3.05, 3.63) is 34.1 Å². The first kappa shape index (κ1) is 15.2.